The number of carbonyl (C=O) groups excluding carboxylic acids is 1. The molecule has 1 rings (SSSR count). The van der Waals surface area contributed by atoms with E-state index in [0.29, 0.717) is 26.0 Å². The van der Waals surface area contributed by atoms with Crippen LogP contribution in [0, 0.1) is 0 Å². The molecular formula is C12H24N2O5. The van der Waals surface area contributed by atoms with E-state index in [1.807, 2.05) is 0 Å². The second kappa shape index (κ2) is 7.04. The summed E-state index contributed by atoms with van der Waals surface area (Å²) in [7, 11) is 4.68. The Morgan fingerprint density at radius 1 is 1.32 bits per heavy atom. The first-order chi connectivity index (χ1) is 9.06. The molecule has 1 atom stereocenters. The number of rotatable bonds is 7. The van der Waals surface area contributed by atoms with E-state index in [2.05, 4.69) is 5.32 Å². The Balaban J connectivity index is 2.71. The van der Waals surface area contributed by atoms with Gasteiger partial charge in [0.05, 0.1) is 6.61 Å². The number of hydrogen-bond donors (Lipinski definition) is 2. The summed E-state index contributed by atoms with van der Waals surface area (Å²) >= 11 is 0. The lowest BCUT2D eigenvalue weighted by molar-refractivity contribution is -0.445. The average Bonchev–Trinajstić information content (AvgIpc) is 2.43. The van der Waals surface area contributed by atoms with E-state index >= 15 is 0 Å². The molecule has 1 heterocycles. The van der Waals surface area contributed by atoms with E-state index < -0.39 is 17.6 Å². The first-order valence-corrected chi connectivity index (χ1v) is 6.38. The van der Waals surface area contributed by atoms with Gasteiger partial charge in [0.15, 0.2) is 0 Å². The minimum atomic E-state index is -1.20. The topological polar surface area (TPSA) is 92.0 Å². The van der Waals surface area contributed by atoms with Crippen LogP contribution in [0.25, 0.3) is 0 Å². The third-order valence-corrected chi connectivity index (χ3v) is 3.56. The highest BCUT2D eigenvalue weighted by molar-refractivity contribution is 5.71. The molecule has 0 bridgehead atoms. The molecule has 0 saturated carbocycles. The SMILES string of the molecule is COC1(CCCNC(N)=O)CCCOC1(OC)OC. The third-order valence-electron chi connectivity index (χ3n) is 3.56. The van der Waals surface area contributed by atoms with Gasteiger partial charge in [-0.1, -0.05) is 0 Å². The maximum Gasteiger partial charge on any atom is 0.313 e. The summed E-state index contributed by atoms with van der Waals surface area (Å²) in [4.78, 5) is 10.6. The van der Waals surface area contributed by atoms with E-state index in [9.17, 15) is 4.79 Å². The molecule has 1 fully saturated rings. The minimum Gasteiger partial charge on any atom is -0.370 e. The van der Waals surface area contributed by atoms with Gasteiger partial charge in [0.1, 0.15) is 5.60 Å². The average molecular weight is 276 g/mol. The highest BCUT2D eigenvalue weighted by atomic mass is 16.9. The minimum absolute atomic E-state index is 0.476. The van der Waals surface area contributed by atoms with Gasteiger partial charge in [0.2, 0.25) is 0 Å². The molecule has 7 heteroatoms. The molecule has 0 aromatic rings. The maximum absolute atomic E-state index is 10.6. The number of hydrogen-bond acceptors (Lipinski definition) is 5. The standard InChI is InChI=1S/C12H24N2O5/c1-16-11(6-4-8-14-10(13)15)7-5-9-19-12(11,17-2)18-3/h4-9H2,1-3H3,(H3,13,14,15). The fourth-order valence-electron chi connectivity index (χ4n) is 2.61. The van der Waals surface area contributed by atoms with E-state index in [4.69, 9.17) is 24.7 Å². The van der Waals surface area contributed by atoms with Gasteiger partial charge in [0.25, 0.3) is 0 Å². The summed E-state index contributed by atoms with van der Waals surface area (Å²) in [5.41, 5.74) is 4.34. The van der Waals surface area contributed by atoms with Crippen molar-refractivity contribution in [2.24, 2.45) is 5.73 Å². The molecule has 1 unspecified atom stereocenters. The zero-order valence-corrected chi connectivity index (χ0v) is 11.9. The molecule has 3 N–H and O–H groups in total. The van der Waals surface area contributed by atoms with E-state index in [-0.39, 0.29) is 0 Å². The molecule has 112 valence electrons. The number of urea groups is 1. The summed E-state index contributed by atoms with van der Waals surface area (Å²) in [6.07, 6.45) is 2.95. The highest BCUT2D eigenvalue weighted by Crippen LogP contribution is 2.42. The van der Waals surface area contributed by atoms with Crippen LogP contribution in [0.4, 0.5) is 4.79 Å². The Kier molecular flexibility index (Phi) is 5.99. The van der Waals surface area contributed by atoms with Gasteiger partial charge in [-0.15, -0.1) is 0 Å². The van der Waals surface area contributed by atoms with Crippen molar-refractivity contribution >= 4 is 6.03 Å². The number of methoxy groups -OCH3 is 3. The second-order valence-electron chi connectivity index (χ2n) is 4.51. The molecule has 0 spiro atoms. The van der Waals surface area contributed by atoms with Gasteiger partial charge >= 0.3 is 12.0 Å². The number of nitrogens with one attached hydrogen (secondary N) is 1. The fourth-order valence-corrected chi connectivity index (χ4v) is 2.61. The normalized spacial score (nSPS) is 26.1. The Labute approximate surface area is 113 Å². The fraction of sp³-hybridized carbons (Fsp3) is 0.917. The van der Waals surface area contributed by atoms with Crippen LogP contribution in [0.5, 0.6) is 0 Å². The molecule has 7 nitrogen and oxygen atoms in total. The van der Waals surface area contributed by atoms with Crippen molar-refractivity contribution in [2.45, 2.75) is 37.3 Å². The van der Waals surface area contributed by atoms with Crippen LogP contribution in [0.3, 0.4) is 0 Å². The van der Waals surface area contributed by atoms with E-state index in [1.54, 1.807) is 7.11 Å². The Morgan fingerprint density at radius 2 is 2.00 bits per heavy atom. The van der Waals surface area contributed by atoms with Crippen LogP contribution in [0.1, 0.15) is 25.7 Å². The first-order valence-electron chi connectivity index (χ1n) is 6.38. The Hall–Kier alpha value is -0.890. The summed E-state index contributed by atoms with van der Waals surface area (Å²) < 4.78 is 22.2. The van der Waals surface area contributed by atoms with E-state index in [0.717, 1.165) is 12.8 Å². The van der Waals surface area contributed by atoms with Crippen LogP contribution in [-0.2, 0) is 18.9 Å². The van der Waals surface area contributed by atoms with Crippen LogP contribution < -0.4 is 11.1 Å². The van der Waals surface area contributed by atoms with Gasteiger partial charge < -0.3 is 30.0 Å². The molecule has 0 aromatic heterocycles. The predicted octanol–water partition coefficient (Wildman–Crippen LogP) is 0.577. The number of primary amides is 1. The van der Waals surface area contributed by atoms with Crippen LogP contribution in [-0.4, -0.2) is 52.1 Å². The van der Waals surface area contributed by atoms with Gasteiger partial charge in [0, 0.05) is 27.9 Å². The van der Waals surface area contributed by atoms with Crippen molar-refractivity contribution in [1.82, 2.24) is 5.32 Å². The second-order valence-corrected chi connectivity index (χ2v) is 4.51. The number of amides is 2. The summed E-state index contributed by atoms with van der Waals surface area (Å²) in [6.45, 7) is 1.04. The summed E-state index contributed by atoms with van der Waals surface area (Å²) in [6, 6.07) is -0.531. The monoisotopic (exact) mass is 276 g/mol. The molecule has 2 amide bonds. The van der Waals surface area contributed by atoms with Gasteiger partial charge in [-0.2, -0.15) is 0 Å². The van der Waals surface area contributed by atoms with Crippen molar-refractivity contribution < 1.29 is 23.7 Å². The van der Waals surface area contributed by atoms with Crippen LogP contribution in [0.15, 0.2) is 0 Å². The van der Waals surface area contributed by atoms with Crippen molar-refractivity contribution in [3.63, 3.8) is 0 Å². The van der Waals surface area contributed by atoms with Gasteiger partial charge in [-0.3, -0.25) is 0 Å². The first kappa shape index (κ1) is 16.2. The Morgan fingerprint density at radius 3 is 2.53 bits per heavy atom. The molecule has 1 aliphatic rings. The highest BCUT2D eigenvalue weighted by Gasteiger charge is 2.56. The maximum atomic E-state index is 10.6. The van der Waals surface area contributed by atoms with Crippen LogP contribution in [0.2, 0.25) is 0 Å². The predicted molar refractivity (Wildman–Crippen MR) is 68.5 cm³/mol. The Bertz CT molecular complexity index is 296. The smallest absolute Gasteiger partial charge is 0.313 e. The van der Waals surface area contributed by atoms with Gasteiger partial charge in [-0.25, -0.2) is 4.79 Å². The lowest BCUT2D eigenvalue weighted by Crippen LogP contribution is -2.62. The van der Waals surface area contributed by atoms with E-state index in [1.165, 1.54) is 14.2 Å². The zero-order chi connectivity index (χ0) is 14.4. The lowest BCUT2D eigenvalue weighted by Gasteiger charge is -2.49. The van der Waals surface area contributed by atoms with Crippen LogP contribution >= 0.6 is 0 Å². The van der Waals surface area contributed by atoms with Crippen molar-refractivity contribution in [1.29, 1.82) is 0 Å². The zero-order valence-electron chi connectivity index (χ0n) is 11.9. The number of carbonyl (C=O) groups is 1. The quantitative estimate of drug-likeness (QED) is 0.524. The molecule has 19 heavy (non-hydrogen) atoms. The van der Waals surface area contributed by atoms with Gasteiger partial charge in [-0.05, 0) is 25.7 Å². The molecular weight excluding hydrogens is 252 g/mol. The molecule has 1 saturated heterocycles. The lowest BCUT2D eigenvalue weighted by atomic mass is 9.87. The third kappa shape index (κ3) is 3.36. The number of ether oxygens (including phenoxy) is 4. The summed E-state index contributed by atoms with van der Waals surface area (Å²) in [5, 5.41) is 2.55. The molecule has 0 radical (unpaired) electrons. The van der Waals surface area contributed by atoms with Crippen molar-refractivity contribution in [3.05, 3.63) is 0 Å². The van der Waals surface area contributed by atoms with Crippen molar-refractivity contribution in [2.75, 3.05) is 34.5 Å². The molecule has 0 aromatic carbocycles. The van der Waals surface area contributed by atoms with Crippen molar-refractivity contribution in [3.8, 4) is 0 Å². The number of nitrogens with two attached hydrogens (primary N) is 1. The molecule has 1 aliphatic heterocycles. The summed E-state index contributed by atoms with van der Waals surface area (Å²) in [5.74, 6) is -1.20. The largest absolute Gasteiger partial charge is 0.370 e. The molecule has 0 aliphatic carbocycles.